The summed E-state index contributed by atoms with van der Waals surface area (Å²) in [6.45, 7) is 12.0. The molecular formula is C19H39NO2. The summed E-state index contributed by atoms with van der Waals surface area (Å²) in [6.07, 6.45) is 11.2. The molecule has 0 radical (unpaired) electrons. The van der Waals surface area contributed by atoms with Crippen molar-refractivity contribution < 1.29 is 9.53 Å². The van der Waals surface area contributed by atoms with Crippen molar-refractivity contribution in [2.24, 2.45) is 5.92 Å². The number of hydrogen-bond acceptors (Lipinski definition) is 2. The minimum absolute atomic E-state index is 0.0339. The molecule has 0 aromatic rings. The number of carbonyl (C=O) groups is 1. The fourth-order valence-electron chi connectivity index (χ4n) is 2.92. The van der Waals surface area contributed by atoms with Gasteiger partial charge < -0.3 is 9.64 Å². The van der Waals surface area contributed by atoms with E-state index in [1.54, 1.807) is 4.90 Å². The molecule has 0 aliphatic rings. The van der Waals surface area contributed by atoms with Crippen molar-refractivity contribution in [2.75, 3.05) is 13.1 Å². The van der Waals surface area contributed by atoms with Gasteiger partial charge >= 0.3 is 6.09 Å². The number of hydrogen-bond donors (Lipinski definition) is 0. The lowest BCUT2D eigenvalue weighted by Gasteiger charge is -2.27. The molecule has 2 unspecified atom stereocenters. The van der Waals surface area contributed by atoms with E-state index < -0.39 is 0 Å². The van der Waals surface area contributed by atoms with Crippen molar-refractivity contribution in [3.05, 3.63) is 0 Å². The van der Waals surface area contributed by atoms with Crippen LogP contribution in [-0.4, -0.2) is 30.2 Å². The maximum absolute atomic E-state index is 12.1. The summed E-state index contributed by atoms with van der Waals surface area (Å²) in [4.78, 5) is 13.9. The minimum Gasteiger partial charge on any atom is -0.446 e. The van der Waals surface area contributed by atoms with Crippen LogP contribution in [0.5, 0.6) is 0 Å². The van der Waals surface area contributed by atoms with Crippen LogP contribution in [0.25, 0.3) is 0 Å². The van der Waals surface area contributed by atoms with Crippen molar-refractivity contribution in [1.29, 1.82) is 0 Å². The maximum atomic E-state index is 12.1. The van der Waals surface area contributed by atoms with Gasteiger partial charge in [0.25, 0.3) is 0 Å². The zero-order valence-corrected chi connectivity index (χ0v) is 15.7. The number of amides is 1. The Hall–Kier alpha value is -0.730. The molecule has 0 aliphatic heterocycles. The van der Waals surface area contributed by atoms with Crippen molar-refractivity contribution in [2.45, 2.75) is 98.5 Å². The van der Waals surface area contributed by atoms with Crippen LogP contribution in [0.2, 0.25) is 0 Å². The van der Waals surface area contributed by atoms with Crippen LogP contribution in [0, 0.1) is 5.92 Å². The van der Waals surface area contributed by atoms with Crippen LogP contribution in [0.4, 0.5) is 4.79 Å². The Morgan fingerprint density at radius 2 is 1.36 bits per heavy atom. The number of unbranched alkanes of at least 4 members (excludes halogenated alkanes) is 5. The highest BCUT2D eigenvalue weighted by molar-refractivity contribution is 5.67. The normalized spacial score (nSPS) is 13.7. The van der Waals surface area contributed by atoms with E-state index in [1.165, 1.54) is 57.8 Å². The molecule has 0 heterocycles. The second-order valence-electron chi connectivity index (χ2n) is 6.37. The zero-order chi connectivity index (χ0) is 16.8. The fourth-order valence-corrected chi connectivity index (χ4v) is 2.92. The highest BCUT2D eigenvalue weighted by atomic mass is 16.6. The van der Waals surface area contributed by atoms with Crippen LogP contribution in [0.3, 0.4) is 0 Å². The first-order valence-electron chi connectivity index (χ1n) is 9.56. The van der Waals surface area contributed by atoms with Gasteiger partial charge in [-0.25, -0.2) is 4.79 Å². The average Bonchev–Trinajstić information content (AvgIpc) is 2.50. The fraction of sp³-hybridized carbons (Fsp3) is 0.947. The van der Waals surface area contributed by atoms with Gasteiger partial charge in [-0.15, -0.1) is 0 Å². The Labute approximate surface area is 138 Å². The molecule has 0 saturated carbocycles. The molecule has 0 fully saturated rings. The SMILES string of the molecule is CCCCCCC(CCCCC)C(C)OC(=O)N(CC)CC. The quantitative estimate of drug-likeness (QED) is 0.389. The van der Waals surface area contributed by atoms with Crippen LogP contribution < -0.4 is 0 Å². The third-order valence-corrected chi connectivity index (χ3v) is 4.58. The molecule has 0 aromatic carbocycles. The van der Waals surface area contributed by atoms with E-state index in [2.05, 4.69) is 20.8 Å². The zero-order valence-electron chi connectivity index (χ0n) is 15.7. The van der Waals surface area contributed by atoms with E-state index in [9.17, 15) is 4.79 Å². The lowest BCUT2D eigenvalue weighted by molar-refractivity contribution is 0.0398. The highest BCUT2D eigenvalue weighted by Gasteiger charge is 2.22. The molecule has 132 valence electrons. The first kappa shape index (κ1) is 21.3. The lowest BCUT2D eigenvalue weighted by atomic mass is 9.90. The van der Waals surface area contributed by atoms with Gasteiger partial charge in [0.15, 0.2) is 0 Å². The first-order valence-corrected chi connectivity index (χ1v) is 9.56. The van der Waals surface area contributed by atoms with Crippen LogP contribution >= 0.6 is 0 Å². The second-order valence-corrected chi connectivity index (χ2v) is 6.37. The predicted octanol–water partition coefficient (Wildman–Crippen LogP) is 6.02. The summed E-state index contributed by atoms with van der Waals surface area (Å²) in [7, 11) is 0. The molecule has 2 atom stereocenters. The average molecular weight is 314 g/mol. The Morgan fingerprint density at radius 3 is 1.86 bits per heavy atom. The smallest absolute Gasteiger partial charge is 0.410 e. The maximum Gasteiger partial charge on any atom is 0.410 e. The Kier molecular flexibility index (Phi) is 13.4. The van der Waals surface area contributed by atoms with Gasteiger partial charge in [-0.05, 0) is 39.5 Å². The lowest BCUT2D eigenvalue weighted by Crippen LogP contribution is -2.35. The molecule has 1 amide bonds. The third kappa shape index (κ3) is 9.32. The second kappa shape index (κ2) is 13.9. The first-order chi connectivity index (χ1) is 10.6. The van der Waals surface area contributed by atoms with E-state index in [4.69, 9.17) is 4.74 Å². The molecule has 0 aromatic heterocycles. The summed E-state index contributed by atoms with van der Waals surface area (Å²) >= 11 is 0. The Balaban J connectivity index is 4.38. The molecule has 0 bridgehead atoms. The van der Waals surface area contributed by atoms with Crippen LogP contribution in [0.15, 0.2) is 0 Å². The van der Waals surface area contributed by atoms with Gasteiger partial charge in [0.2, 0.25) is 0 Å². The van der Waals surface area contributed by atoms with Crippen LogP contribution in [0.1, 0.15) is 92.4 Å². The van der Waals surface area contributed by atoms with Gasteiger partial charge in [-0.1, -0.05) is 58.8 Å². The summed E-state index contributed by atoms with van der Waals surface area (Å²) < 4.78 is 5.73. The molecule has 0 rings (SSSR count). The largest absolute Gasteiger partial charge is 0.446 e. The standard InChI is InChI=1S/C19H39NO2/c1-6-10-12-14-16-18(15-13-11-7-2)17(5)22-19(21)20(8-3)9-4/h17-18H,6-16H2,1-5H3. The number of nitrogens with zero attached hydrogens (tertiary/aromatic N) is 1. The van der Waals surface area contributed by atoms with E-state index in [0.29, 0.717) is 5.92 Å². The predicted molar refractivity (Wildman–Crippen MR) is 95.3 cm³/mol. The summed E-state index contributed by atoms with van der Waals surface area (Å²) in [5.74, 6) is 0.517. The minimum atomic E-state index is -0.147. The van der Waals surface area contributed by atoms with Crippen LogP contribution in [-0.2, 0) is 4.74 Å². The molecule has 0 N–H and O–H groups in total. The van der Waals surface area contributed by atoms with E-state index in [0.717, 1.165) is 13.1 Å². The van der Waals surface area contributed by atoms with E-state index >= 15 is 0 Å². The van der Waals surface area contributed by atoms with E-state index in [-0.39, 0.29) is 12.2 Å². The number of carbonyl (C=O) groups excluding carboxylic acids is 1. The third-order valence-electron chi connectivity index (χ3n) is 4.58. The molecule has 3 heteroatoms. The van der Waals surface area contributed by atoms with Gasteiger partial charge in [0, 0.05) is 13.1 Å². The summed E-state index contributed by atoms with van der Waals surface area (Å²) in [6, 6.07) is 0. The number of rotatable bonds is 13. The van der Waals surface area contributed by atoms with Gasteiger partial charge in [-0.3, -0.25) is 0 Å². The molecular weight excluding hydrogens is 274 g/mol. The van der Waals surface area contributed by atoms with Gasteiger partial charge in [-0.2, -0.15) is 0 Å². The summed E-state index contributed by atoms with van der Waals surface area (Å²) in [5.41, 5.74) is 0. The van der Waals surface area contributed by atoms with Crippen molar-refractivity contribution in [1.82, 2.24) is 4.90 Å². The Bertz CT molecular complexity index is 264. The van der Waals surface area contributed by atoms with Crippen molar-refractivity contribution in [3.8, 4) is 0 Å². The molecule has 0 saturated heterocycles. The van der Waals surface area contributed by atoms with Crippen molar-refractivity contribution >= 4 is 6.09 Å². The van der Waals surface area contributed by atoms with Gasteiger partial charge in [0.1, 0.15) is 6.10 Å². The summed E-state index contributed by atoms with van der Waals surface area (Å²) in [5, 5.41) is 0. The van der Waals surface area contributed by atoms with Gasteiger partial charge in [0.05, 0.1) is 0 Å². The molecule has 3 nitrogen and oxygen atoms in total. The molecule has 22 heavy (non-hydrogen) atoms. The highest BCUT2D eigenvalue weighted by Crippen LogP contribution is 2.23. The Morgan fingerprint density at radius 1 is 0.864 bits per heavy atom. The molecule has 0 aliphatic carbocycles. The monoisotopic (exact) mass is 313 g/mol. The van der Waals surface area contributed by atoms with Crippen molar-refractivity contribution in [3.63, 3.8) is 0 Å². The topological polar surface area (TPSA) is 29.5 Å². The number of ether oxygens (including phenoxy) is 1. The molecule has 0 spiro atoms. The van der Waals surface area contributed by atoms with E-state index in [1.807, 2.05) is 13.8 Å².